The summed E-state index contributed by atoms with van der Waals surface area (Å²) in [5.41, 5.74) is 4.72. The Bertz CT molecular complexity index is 1560. The van der Waals surface area contributed by atoms with Crippen LogP contribution in [-0.4, -0.2) is 23.4 Å². The number of fused-ring (bicyclic) bond motifs is 1. The number of aromatic amines is 1. The fraction of sp³-hybridized carbons (Fsp3) is 0.0400. The molecule has 8 heteroatoms. The molecule has 0 aliphatic heterocycles. The minimum Gasteiger partial charge on any atom is -0.339 e. The number of hydrogen-bond acceptors (Lipinski definition) is 4. The highest BCUT2D eigenvalue weighted by Gasteiger charge is 2.19. The highest BCUT2D eigenvalue weighted by atomic mass is 32.2. The van der Waals surface area contributed by atoms with Crippen LogP contribution in [0.15, 0.2) is 90.1 Å². The van der Waals surface area contributed by atoms with Crippen LogP contribution < -0.4 is 4.72 Å². The zero-order valence-electron chi connectivity index (χ0n) is 17.6. The average Bonchev–Trinajstić information content (AvgIpc) is 3.24. The Morgan fingerprint density at radius 1 is 0.909 bits per heavy atom. The molecular formula is C25H19FN4O2S. The summed E-state index contributed by atoms with van der Waals surface area (Å²) < 4.78 is 42.0. The molecule has 0 fully saturated rings. The quantitative estimate of drug-likeness (QED) is 0.362. The first-order valence-corrected chi connectivity index (χ1v) is 11.7. The van der Waals surface area contributed by atoms with Gasteiger partial charge < -0.3 is 4.98 Å². The molecule has 0 radical (unpaired) electrons. The predicted molar refractivity (Wildman–Crippen MR) is 127 cm³/mol. The number of hydrogen-bond donors (Lipinski definition) is 2. The van der Waals surface area contributed by atoms with E-state index < -0.39 is 10.0 Å². The second-order valence-corrected chi connectivity index (χ2v) is 9.32. The summed E-state index contributed by atoms with van der Waals surface area (Å²) in [7, 11) is -3.79. The Balaban J connectivity index is 1.58. The number of para-hydroxylation sites is 1. The van der Waals surface area contributed by atoms with Crippen LogP contribution in [0.5, 0.6) is 0 Å². The number of sulfonamides is 1. The predicted octanol–water partition coefficient (Wildman–Crippen LogP) is 5.54. The summed E-state index contributed by atoms with van der Waals surface area (Å²) in [6, 6.07) is 21.8. The Hall–Kier alpha value is -4.04. The van der Waals surface area contributed by atoms with Gasteiger partial charge in [0.15, 0.2) is 0 Å². The van der Waals surface area contributed by atoms with Gasteiger partial charge in [0.25, 0.3) is 10.0 Å². The minimum atomic E-state index is -3.79. The fourth-order valence-corrected chi connectivity index (χ4v) is 4.72. The van der Waals surface area contributed by atoms with E-state index in [2.05, 4.69) is 19.7 Å². The highest BCUT2D eigenvalue weighted by Crippen LogP contribution is 2.34. The van der Waals surface area contributed by atoms with Crippen molar-refractivity contribution in [3.8, 4) is 22.5 Å². The maximum Gasteiger partial charge on any atom is 0.261 e. The molecule has 0 saturated heterocycles. The van der Waals surface area contributed by atoms with Gasteiger partial charge in [-0.25, -0.2) is 22.8 Å². The summed E-state index contributed by atoms with van der Waals surface area (Å²) in [6.45, 7) is 1.90. The van der Waals surface area contributed by atoms with Crippen molar-refractivity contribution in [2.75, 3.05) is 4.72 Å². The standard InChI is InChI=1S/C25H19FN4O2S/c1-16-6-12-19(13-7-16)33(31,32)30-22-5-3-2-4-20(22)24-21-14-23(29-25(21)28-15-27-24)17-8-10-18(26)11-9-17/h2-15,30H,1H3,(H,27,28,29). The molecule has 164 valence electrons. The van der Waals surface area contributed by atoms with Crippen molar-refractivity contribution in [1.82, 2.24) is 15.0 Å². The lowest BCUT2D eigenvalue weighted by molar-refractivity contribution is 0.601. The van der Waals surface area contributed by atoms with Crippen molar-refractivity contribution >= 4 is 26.7 Å². The molecule has 2 aromatic heterocycles. The third kappa shape index (κ3) is 4.08. The number of aromatic nitrogens is 3. The van der Waals surface area contributed by atoms with Gasteiger partial charge in [0.05, 0.1) is 16.3 Å². The molecule has 0 amide bonds. The van der Waals surface area contributed by atoms with Gasteiger partial charge in [0.2, 0.25) is 0 Å². The van der Waals surface area contributed by atoms with Crippen molar-refractivity contribution in [3.05, 3.63) is 96.6 Å². The van der Waals surface area contributed by atoms with Crippen molar-refractivity contribution < 1.29 is 12.8 Å². The van der Waals surface area contributed by atoms with Crippen molar-refractivity contribution in [2.24, 2.45) is 0 Å². The van der Waals surface area contributed by atoms with Gasteiger partial charge in [-0.3, -0.25) is 4.72 Å². The Morgan fingerprint density at radius 3 is 2.39 bits per heavy atom. The Kier molecular flexibility index (Phi) is 5.14. The van der Waals surface area contributed by atoms with Crippen LogP contribution in [0.25, 0.3) is 33.5 Å². The molecule has 0 aliphatic carbocycles. The molecule has 33 heavy (non-hydrogen) atoms. The maximum atomic E-state index is 13.3. The highest BCUT2D eigenvalue weighted by molar-refractivity contribution is 7.92. The fourth-order valence-electron chi connectivity index (χ4n) is 3.64. The van der Waals surface area contributed by atoms with Crippen LogP contribution in [0, 0.1) is 12.7 Å². The zero-order chi connectivity index (χ0) is 23.0. The molecule has 6 nitrogen and oxygen atoms in total. The van der Waals surface area contributed by atoms with Crippen LogP contribution in [0.1, 0.15) is 5.56 Å². The first-order chi connectivity index (χ1) is 15.9. The average molecular weight is 459 g/mol. The third-order valence-corrected chi connectivity index (χ3v) is 6.72. The molecule has 0 aliphatic rings. The van der Waals surface area contributed by atoms with E-state index in [-0.39, 0.29) is 10.7 Å². The second-order valence-electron chi connectivity index (χ2n) is 7.64. The summed E-state index contributed by atoms with van der Waals surface area (Å²) in [5, 5.41) is 0.721. The molecule has 0 unspecified atom stereocenters. The number of aryl methyl sites for hydroxylation is 1. The van der Waals surface area contributed by atoms with Crippen molar-refractivity contribution in [1.29, 1.82) is 0 Å². The van der Waals surface area contributed by atoms with E-state index in [0.717, 1.165) is 22.2 Å². The normalized spacial score (nSPS) is 11.6. The van der Waals surface area contributed by atoms with E-state index in [1.54, 1.807) is 54.6 Å². The van der Waals surface area contributed by atoms with E-state index in [0.29, 0.717) is 22.6 Å². The van der Waals surface area contributed by atoms with Crippen molar-refractivity contribution in [2.45, 2.75) is 11.8 Å². The van der Waals surface area contributed by atoms with Crippen molar-refractivity contribution in [3.63, 3.8) is 0 Å². The molecule has 0 bridgehead atoms. The molecule has 2 N–H and O–H groups in total. The summed E-state index contributed by atoms with van der Waals surface area (Å²) >= 11 is 0. The number of anilines is 1. The van der Waals surface area contributed by atoms with Crippen LogP contribution in [0.2, 0.25) is 0 Å². The number of halogens is 1. The van der Waals surface area contributed by atoms with E-state index >= 15 is 0 Å². The number of nitrogens with zero attached hydrogens (tertiary/aromatic N) is 2. The van der Waals surface area contributed by atoms with Gasteiger partial charge in [0, 0.05) is 16.6 Å². The molecule has 5 rings (SSSR count). The van der Waals surface area contributed by atoms with Gasteiger partial charge in [-0.2, -0.15) is 0 Å². The van der Waals surface area contributed by atoms with E-state index in [1.165, 1.54) is 18.5 Å². The SMILES string of the molecule is Cc1ccc(S(=O)(=O)Nc2ccccc2-c2ncnc3[nH]c(-c4ccc(F)cc4)cc23)cc1. The van der Waals surface area contributed by atoms with Gasteiger partial charge in [0.1, 0.15) is 17.8 Å². The zero-order valence-corrected chi connectivity index (χ0v) is 18.4. The lowest BCUT2D eigenvalue weighted by atomic mass is 10.1. The molecule has 2 heterocycles. The topological polar surface area (TPSA) is 87.7 Å². The number of H-pyrrole nitrogens is 1. The number of nitrogens with one attached hydrogen (secondary N) is 2. The third-order valence-electron chi connectivity index (χ3n) is 5.34. The van der Waals surface area contributed by atoms with Crippen LogP contribution in [-0.2, 0) is 10.0 Å². The first kappa shape index (κ1) is 20.8. The van der Waals surface area contributed by atoms with Gasteiger partial charge >= 0.3 is 0 Å². The molecular weight excluding hydrogens is 439 g/mol. The minimum absolute atomic E-state index is 0.177. The number of benzene rings is 3. The van der Waals surface area contributed by atoms with Gasteiger partial charge in [-0.05, 0) is 61.0 Å². The van der Waals surface area contributed by atoms with E-state index in [4.69, 9.17) is 0 Å². The first-order valence-electron chi connectivity index (χ1n) is 10.2. The summed E-state index contributed by atoms with van der Waals surface area (Å²) in [5.74, 6) is -0.315. The summed E-state index contributed by atoms with van der Waals surface area (Å²) in [6.07, 6.45) is 1.42. The lowest BCUT2D eigenvalue weighted by Gasteiger charge is -2.13. The molecule has 5 aromatic rings. The van der Waals surface area contributed by atoms with Gasteiger partial charge in [-0.1, -0.05) is 35.9 Å². The second kappa shape index (κ2) is 8.14. The van der Waals surface area contributed by atoms with Crippen LogP contribution in [0.3, 0.4) is 0 Å². The Morgan fingerprint density at radius 2 is 1.64 bits per heavy atom. The monoisotopic (exact) mass is 458 g/mol. The number of rotatable bonds is 5. The largest absolute Gasteiger partial charge is 0.339 e. The molecule has 0 spiro atoms. The van der Waals surface area contributed by atoms with Crippen LogP contribution in [0.4, 0.5) is 10.1 Å². The van der Waals surface area contributed by atoms with E-state index in [9.17, 15) is 12.8 Å². The molecule has 0 saturated carbocycles. The summed E-state index contributed by atoms with van der Waals surface area (Å²) in [4.78, 5) is 12.2. The molecule has 0 atom stereocenters. The Labute approximate surface area is 190 Å². The molecule has 3 aromatic carbocycles. The van der Waals surface area contributed by atoms with Gasteiger partial charge in [-0.15, -0.1) is 0 Å². The van der Waals surface area contributed by atoms with E-state index in [1.807, 2.05) is 19.1 Å². The maximum absolute atomic E-state index is 13.3. The lowest BCUT2D eigenvalue weighted by Crippen LogP contribution is -2.13. The smallest absolute Gasteiger partial charge is 0.261 e. The van der Waals surface area contributed by atoms with Crippen LogP contribution >= 0.6 is 0 Å².